The fourth-order valence-corrected chi connectivity index (χ4v) is 1.53. The van der Waals surface area contributed by atoms with Crippen molar-refractivity contribution in [2.75, 3.05) is 0 Å². The van der Waals surface area contributed by atoms with E-state index in [9.17, 15) is 5.11 Å². The first-order valence-electron chi connectivity index (χ1n) is 5.10. The Bertz CT molecular complexity index is 258. The van der Waals surface area contributed by atoms with Gasteiger partial charge in [0.25, 0.3) is 0 Å². The van der Waals surface area contributed by atoms with E-state index in [2.05, 4.69) is 13.8 Å². The van der Waals surface area contributed by atoms with Crippen LogP contribution in [0.1, 0.15) is 31.9 Å². The topological polar surface area (TPSA) is 46.2 Å². The van der Waals surface area contributed by atoms with E-state index in [-0.39, 0.29) is 6.04 Å². The molecule has 0 aromatic heterocycles. The largest absolute Gasteiger partial charge is 0.391 e. The molecular formula is C12H19NO. The van der Waals surface area contributed by atoms with E-state index < -0.39 is 6.10 Å². The normalized spacial score (nSPS) is 15.5. The van der Waals surface area contributed by atoms with Gasteiger partial charge in [0, 0.05) is 0 Å². The summed E-state index contributed by atoms with van der Waals surface area (Å²) in [5.41, 5.74) is 6.94. The van der Waals surface area contributed by atoms with Crippen molar-refractivity contribution in [1.82, 2.24) is 0 Å². The number of hydrogen-bond donors (Lipinski definition) is 2. The minimum absolute atomic E-state index is 0.265. The van der Waals surface area contributed by atoms with Gasteiger partial charge in [-0.3, -0.25) is 0 Å². The average Bonchev–Trinajstić information content (AvgIpc) is 2.17. The molecule has 1 rings (SSSR count). The highest BCUT2D eigenvalue weighted by Gasteiger charge is 2.17. The summed E-state index contributed by atoms with van der Waals surface area (Å²) in [6.07, 6.45) is 0.299. The van der Waals surface area contributed by atoms with E-state index in [1.807, 2.05) is 30.3 Å². The van der Waals surface area contributed by atoms with Crippen molar-refractivity contribution in [3.05, 3.63) is 35.9 Å². The molecule has 0 radical (unpaired) electrons. The molecule has 0 aliphatic rings. The maximum atomic E-state index is 9.82. The van der Waals surface area contributed by atoms with Crippen LogP contribution in [0, 0.1) is 5.92 Å². The van der Waals surface area contributed by atoms with Gasteiger partial charge in [0.2, 0.25) is 0 Å². The highest BCUT2D eigenvalue weighted by molar-refractivity contribution is 5.19. The summed E-state index contributed by atoms with van der Waals surface area (Å²) in [5, 5.41) is 9.82. The standard InChI is InChI=1S/C12H19NO/c1-9(2)8-11(14)12(13)10-6-4-3-5-7-10/h3-7,9,11-12,14H,8,13H2,1-2H3. The lowest BCUT2D eigenvalue weighted by atomic mass is 9.95. The zero-order chi connectivity index (χ0) is 10.6. The number of nitrogens with two attached hydrogens (primary N) is 1. The van der Waals surface area contributed by atoms with Crippen LogP contribution >= 0.6 is 0 Å². The van der Waals surface area contributed by atoms with Gasteiger partial charge >= 0.3 is 0 Å². The lowest BCUT2D eigenvalue weighted by molar-refractivity contribution is 0.121. The van der Waals surface area contributed by atoms with Crippen molar-refractivity contribution >= 4 is 0 Å². The first-order valence-corrected chi connectivity index (χ1v) is 5.10. The SMILES string of the molecule is CC(C)CC(O)C(N)c1ccccc1. The Balaban J connectivity index is 2.61. The minimum atomic E-state index is -0.447. The Morgan fingerprint density at radius 3 is 2.29 bits per heavy atom. The smallest absolute Gasteiger partial charge is 0.0735 e. The molecular weight excluding hydrogens is 174 g/mol. The van der Waals surface area contributed by atoms with Gasteiger partial charge in [0.15, 0.2) is 0 Å². The summed E-state index contributed by atoms with van der Waals surface area (Å²) in [6, 6.07) is 9.47. The van der Waals surface area contributed by atoms with Crippen LogP contribution in [-0.4, -0.2) is 11.2 Å². The summed E-state index contributed by atoms with van der Waals surface area (Å²) in [5.74, 6) is 0.472. The zero-order valence-corrected chi connectivity index (χ0v) is 8.85. The quantitative estimate of drug-likeness (QED) is 0.769. The van der Waals surface area contributed by atoms with Gasteiger partial charge in [-0.1, -0.05) is 44.2 Å². The second-order valence-corrected chi connectivity index (χ2v) is 4.13. The second kappa shape index (κ2) is 5.13. The van der Waals surface area contributed by atoms with Crippen LogP contribution in [0.2, 0.25) is 0 Å². The lowest BCUT2D eigenvalue weighted by Gasteiger charge is -2.20. The van der Waals surface area contributed by atoms with Crippen molar-refractivity contribution in [3.63, 3.8) is 0 Å². The van der Waals surface area contributed by atoms with Crippen molar-refractivity contribution in [2.45, 2.75) is 32.4 Å². The molecule has 0 amide bonds. The van der Waals surface area contributed by atoms with Crippen LogP contribution in [0.4, 0.5) is 0 Å². The molecule has 2 nitrogen and oxygen atoms in total. The third-order valence-corrected chi connectivity index (χ3v) is 2.31. The third-order valence-electron chi connectivity index (χ3n) is 2.31. The molecule has 0 saturated heterocycles. The van der Waals surface area contributed by atoms with Crippen molar-refractivity contribution < 1.29 is 5.11 Å². The van der Waals surface area contributed by atoms with Gasteiger partial charge in [-0.2, -0.15) is 0 Å². The van der Waals surface area contributed by atoms with Crippen molar-refractivity contribution in [2.24, 2.45) is 11.7 Å². The van der Waals surface area contributed by atoms with Crippen LogP contribution in [0.3, 0.4) is 0 Å². The van der Waals surface area contributed by atoms with E-state index in [4.69, 9.17) is 5.73 Å². The number of aliphatic hydroxyl groups excluding tert-OH is 1. The Hall–Kier alpha value is -0.860. The molecule has 2 heteroatoms. The highest BCUT2D eigenvalue weighted by Crippen LogP contribution is 2.18. The molecule has 0 aliphatic carbocycles. The summed E-state index contributed by atoms with van der Waals surface area (Å²) >= 11 is 0. The molecule has 0 heterocycles. The van der Waals surface area contributed by atoms with E-state index in [0.717, 1.165) is 12.0 Å². The molecule has 2 unspecified atom stereocenters. The van der Waals surface area contributed by atoms with Crippen LogP contribution in [0.5, 0.6) is 0 Å². The molecule has 14 heavy (non-hydrogen) atoms. The van der Waals surface area contributed by atoms with Gasteiger partial charge in [0.05, 0.1) is 12.1 Å². The molecule has 0 fully saturated rings. The molecule has 78 valence electrons. The van der Waals surface area contributed by atoms with Gasteiger partial charge in [-0.25, -0.2) is 0 Å². The van der Waals surface area contributed by atoms with Crippen LogP contribution in [0.25, 0.3) is 0 Å². The lowest BCUT2D eigenvalue weighted by Crippen LogP contribution is -2.27. The van der Waals surface area contributed by atoms with E-state index in [1.54, 1.807) is 0 Å². The molecule has 0 bridgehead atoms. The number of hydrogen-bond acceptors (Lipinski definition) is 2. The van der Waals surface area contributed by atoms with Crippen LogP contribution in [-0.2, 0) is 0 Å². The van der Waals surface area contributed by atoms with Crippen molar-refractivity contribution in [1.29, 1.82) is 0 Å². The maximum Gasteiger partial charge on any atom is 0.0735 e. The predicted octanol–water partition coefficient (Wildman–Crippen LogP) is 2.09. The Morgan fingerprint density at radius 2 is 1.79 bits per heavy atom. The van der Waals surface area contributed by atoms with Crippen LogP contribution < -0.4 is 5.73 Å². The van der Waals surface area contributed by atoms with Gasteiger partial charge in [-0.05, 0) is 17.9 Å². The monoisotopic (exact) mass is 193 g/mol. The van der Waals surface area contributed by atoms with E-state index in [1.165, 1.54) is 0 Å². The van der Waals surface area contributed by atoms with Gasteiger partial charge in [-0.15, -0.1) is 0 Å². The zero-order valence-electron chi connectivity index (χ0n) is 8.85. The molecule has 2 atom stereocenters. The molecule has 0 aliphatic heterocycles. The third kappa shape index (κ3) is 3.13. The van der Waals surface area contributed by atoms with E-state index in [0.29, 0.717) is 5.92 Å². The minimum Gasteiger partial charge on any atom is -0.391 e. The summed E-state index contributed by atoms with van der Waals surface area (Å²) in [4.78, 5) is 0. The predicted molar refractivity (Wildman–Crippen MR) is 58.8 cm³/mol. The Labute approximate surface area is 85.8 Å². The molecule has 0 spiro atoms. The highest BCUT2D eigenvalue weighted by atomic mass is 16.3. The fourth-order valence-electron chi connectivity index (χ4n) is 1.53. The molecule has 1 aromatic rings. The summed E-state index contributed by atoms with van der Waals surface area (Å²) in [6.45, 7) is 4.17. The average molecular weight is 193 g/mol. The first kappa shape index (κ1) is 11.2. The Morgan fingerprint density at radius 1 is 1.21 bits per heavy atom. The summed E-state index contributed by atoms with van der Waals surface area (Å²) in [7, 11) is 0. The summed E-state index contributed by atoms with van der Waals surface area (Å²) < 4.78 is 0. The number of rotatable bonds is 4. The van der Waals surface area contributed by atoms with E-state index >= 15 is 0 Å². The number of benzene rings is 1. The van der Waals surface area contributed by atoms with Gasteiger partial charge in [0.1, 0.15) is 0 Å². The van der Waals surface area contributed by atoms with Gasteiger partial charge < -0.3 is 10.8 Å². The van der Waals surface area contributed by atoms with Crippen LogP contribution in [0.15, 0.2) is 30.3 Å². The Kier molecular flexibility index (Phi) is 4.11. The molecule has 0 saturated carbocycles. The first-order chi connectivity index (χ1) is 6.61. The van der Waals surface area contributed by atoms with Crippen molar-refractivity contribution in [3.8, 4) is 0 Å². The fraction of sp³-hybridized carbons (Fsp3) is 0.500. The molecule has 1 aromatic carbocycles. The number of aliphatic hydroxyl groups is 1. The second-order valence-electron chi connectivity index (χ2n) is 4.13. The molecule has 3 N–H and O–H groups in total. The maximum absolute atomic E-state index is 9.82.